The fourth-order valence-corrected chi connectivity index (χ4v) is 3.91. The van der Waals surface area contributed by atoms with E-state index in [0.717, 1.165) is 16.4 Å². The normalized spacial score (nSPS) is 16.7. The highest BCUT2D eigenvalue weighted by atomic mass is 32.2. The summed E-state index contributed by atoms with van der Waals surface area (Å²) in [5.41, 5.74) is 0.308. The van der Waals surface area contributed by atoms with Crippen LogP contribution in [-0.4, -0.2) is 58.0 Å². The molecule has 0 N–H and O–H groups in total. The van der Waals surface area contributed by atoms with E-state index in [9.17, 15) is 26.4 Å². The highest BCUT2D eigenvalue weighted by molar-refractivity contribution is 7.89. The summed E-state index contributed by atoms with van der Waals surface area (Å²) in [5, 5.41) is 0. The number of sulfonamides is 1. The van der Waals surface area contributed by atoms with Crippen molar-refractivity contribution in [2.75, 3.05) is 26.8 Å². The number of benzene rings is 1. The first-order chi connectivity index (χ1) is 13.9. The topological polar surface area (TPSA) is 85.4 Å². The summed E-state index contributed by atoms with van der Waals surface area (Å²) < 4.78 is 78.6. The fourth-order valence-electron chi connectivity index (χ4n) is 2.62. The summed E-state index contributed by atoms with van der Waals surface area (Å²) >= 11 is 0. The van der Waals surface area contributed by atoms with Crippen molar-refractivity contribution >= 4 is 16.0 Å². The van der Waals surface area contributed by atoms with Crippen LogP contribution in [0.1, 0.15) is 32.3 Å². The average Bonchev–Trinajstić information content (AvgIpc) is 3.42. The van der Waals surface area contributed by atoms with Gasteiger partial charge >= 0.3 is 12.3 Å². The number of nitrogens with zero attached hydrogens (tertiary/aromatic N) is 1. The number of aryl methyl sites for hydroxylation is 1. The van der Waals surface area contributed by atoms with E-state index in [1.165, 1.54) is 13.1 Å². The van der Waals surface area contributed by atoms with E-state index < -0.39 is 28.1 Å². The second-order valence-corrected chi connectivity index (χ2v) is 9.58. The Bertz CT molecular complexity index is 837. The number of hydrogen-bond donors (Lipinski definition) is 0. The van der Waals surface area contributed by atoms with Gasteiger partial charge in [0.25, 0.3) is 0 Å². The maximum Gasteiger partial charge on any atom is 0.573 e. The Kier molecular flexibility index (Phi) is 8.12. The van der Waals surface area contributed by atoms with E-state index in [1.54, 1.807) is 0 Å². The zero-order chi connectivity index (χ0) is 22.5. The molecule has 0 aromatic heterocycles. The van der Waals surface area contributed by atoms with Gasteiger partial charge < -0.3 is 14.2 Å². The largest absolute Gasteiger partial charge is 0.573 e. The van der Waals surface area contributed by atoms with Crippen LogP contribution in [0.4, 0.5) is 13.2 Å². The number of carbonyl (C=O) groups is 1. The molecule has 0 radical (unpaired) electrons. The van der Waals surface area contributed by atoms with Crippen LogP contribution in [0.2, 0.25) is 0 Å². The van der Waals surface area contributed by atoms with Crippen molar-refractivity contribution in [3.05, 3.63) is 23.8 Å². The highest BCUT2D eigenvalue weighted by Crippen LogP contribution is 2.29. The minimum Gasteiger partial charge on any atom is -0.465 e. The molecule has 0 aliphatic carbocycles. The van der Waals surface area contributed by atoms with Crippen molar-refractivity contribution in [1.29, 1.82) is 0 Å². The maximum atomic E-state index is 12.8. The number of carbonyl (C=O) groups excluding carboxylic acids is 1. The van der Waals surface area contributed by atoms with Gasteiger partial charge in [-0.05, 0) is 36.5 Å². The van der Waals surface area contributed by atoms with Gasteiger partial charge in [-0.1, -0.05) is 13.8 Å². The molecule has 1 aromatic carbocycles. The standard InChI is InChI=1S/C19H26F3NO6S/c1-13(2)11-28-18(24)6-4-5-14-7-15(29-19(20,21)22)9-17(8-14)30(25,26)23(3)10-16-12-27-16/h7-9,13,16H,4-6,10-12H2,1-3H3/t16-/m0/s1. The van der Waals surface area contributed by atoms with Crippen LogP contribution in [0.25, 0.3) is 0 Å². The molecule has 1 fully saturated rings. The Hall–Kier alpha value is -1.85. The van der Waals surface area contributed by atoms with Crippen LogP contribution in [0.3, 0.4) is 0 Å². The lowest BCUT2D eigenvalue weighted by Gasteiger charge is -2.18. The van der Waals surface area contributed by atoms with Gasteiger partial charge in [-0.3, -0.25) is 4.79 Å². The lowest BCUT2D eigenvalue weighted by Crippen LogP contribution is -2.30. The van der Waals surface area contributed by atoms with Crippen LogP contribution >= 0.6 is 0 Å². The molecule has 0 bridgehead atoms. The summed E-state index contributed by atoms with van der Waals surface area (Å²) in [6.45, 7) is 4.62. The second-order valence-electron chi connectivity index (χ2n) is 7.53. The fraction of sp³-hybridized carbons (Fsp3) is 0.632. The van der Waals surface area contributed by atoms with Crippen molar-refractivity contribution in [1.82, 2.24) is 4.31 Å². The summed E-state index contributed by atoms with van der Waals surface area (Å²) in [5.74, 6) is -0.851. The molecular weight excluding hydrogens is 427 g/mol. The number of hydrogen-bond acceptors (Lipinski definition) is 6. The van der Waals surface area contributed by atoms with Gasteiger partial charge in [-0.15, -0.1) is 13.2 Å². The Morgan fingerprint density at radius 3 is 2.53 bits per heavy atom. The van der Waals surface area contributed by atoms with Gasteiger partial charge in [0.05, 0.1) is 24.2 Å². The number of likely N-dealkylation sites (N-methyl/N-ethyl adjacent to an activating group) is 1. The highest BCUT2D eigenvalue weighted by Gasteiger charge is 2.33. The second kappa shape index (κ2) is 9.97. The summed E-state index contributed by atoms with van der Waals surface area (Å²) in [6.07, 6.45) is -4.64. The molecule has 7 nitrogen and oxygen atoms in total. The van der Waals surface area contributed by atoms with E-state index in [-0.39, 0.29) is 49.3 Å². The van der Waals surface area contributed by atoms with E-state index in [1.807, 2.05) is 13.8 Å². The molecule has 2 rings (SSSR count). The molecule has 1 saturated heterocycles. The number of alkyl halides is 3. The Morgan fingerprint density at radius 1 is 1.30 bits per heavy atom. The lowest BCUT2D eigenvalue weighted by molar-refractivity contribution is -0.274. The Morgan fingerprint density at radius 2 is 1.97 bits per heavy atom. The molecule has 1 aliphatic heterocycles. The number of ether oxygens (including phenoxy) is 3. The van der Waals surface area contributed by atoms with Crippen LogP contribution in [0, 0.1) is 5.92 Å². The molecule has 0 amide bonds. The maximum absolute atomic E-state index is 12.8. The third-order valence-corrected chi connectivity index (χ3v) is 5.97. The van der Waals surface area contributed by atoms with E-state index >= 15 is 0 Å². The Labute approximate surface area is 174 Å². The smallest absolute Gasteiger partial charge is 0.465 e. The minimum absolute atomic E-state index is 0.0675. The number of rotatable bonds is 11. The molecule has 1 aromatic rings. The molecule has 1 heterocycles. The zero-order valence-corrected chi connectivity index (χ0v) is 17.9. The van der Waals surface area contributed by atoms with Crippen molar-refractivity contribution in [3.63, 3.8) is 0 Å². The van der Waals surface area contributed by atoms with Gasteiger partial charge in [0.2, 0.25) is 10.0 Å². The number of halogens is 3. The lowest BCUT2D eigenvalue weighted by atomic mass is 10.1. The molecule has 170 valence electrons. The van der Waals surface area contributed by atoms with Crippen LogP contribution in [0.15, 0.2) is 23.1 Å². The SMILES string of the molecule is CC(C)COC(=O)CCCc1cc(OC(F)(F)F)cc(S(=O)(=O)N(C)C[C@H]2CO2)c1. The molecule has 0 spiro atoms. The van der Waals surface area contributed by atoms with Crippen LogP contribution in [-0.2, 0) is 30.7 Å². The number of esters is 1. The van der Waals surface area contributed by atoms with Crippen LogP contribution < -0.4 is 4.74 Å². The molecule has 1 aliphatic rings. The number of epoxide rings is 1. The van der Waals surface area contributed by atoms with Crippen molar-refractivity contribution in [3.8, 4) is 5.75 Å². The van der Waals surface area contributed by atoms with Gasteiger partial charge in [0.1, 0.15) is 5.75 Å². The predicted molar refractivity (Wildman–Crippen MR) is 101 cm³/mol. The summed E-state index contributed by atoms with van der Waals surface area (Å²) in [6, 6.07) is 3.26. The molecule has 1 atom stereocenters. The molecule has 0 saturated carbocycles. The van der Waals surface area contributed by atoms with Gasteiger partial charge in [-0.2, -0.15) is 4.31 Å². The summed E-state index contributed by atoms with van der Waals surface area (Å²) in [4.78, 5) is 11.4. The average molecular weight is 453 g/mol. The molecule has 11 heteroatoms. The predicted octanol–water partition coefficient (Wildman–Crippen LogP) is 3.13. The van der Waals surface area contributed by atoms with Crippen molar-refractivity contribution in [2.24, 2.45) is 5.92 Å². The third-order valence-electron chi connectivity index (χ3n) is 4.17. The first-order valence-corrected chi connectivity index (χ1v) is 10.9. The third kappa shape index (κ3) is 8.11. The van der Waals surface area contributed by atoms with Crippen molar-refractivity contribution in [2.45, 2.75) is 50.5 Å². The zero-order valence-electron chi connectivity index (χ0n) is 17.1. The van der Waals surface area contributed by atoms with E-state index in [2.05, 4.69) is 4.74 Å². The van der Waals surface area contributed by atoms with Crippen LogP contribution in [0.5, 0.6) is 5.75 Å². The summed E-state index contributed by atoms with van der Waals surface area (Å²) in [7, 11) is -2.71. The van der Waals surface area contributed by atoms with Crippen molar-refractivity contribution < 1.29 is 40.6 Å². The van der Waals surface area contributed by atoms with Gasteiger partial charge in [-0.25, -0.2) is 8.42 Å². The van der Waals surface area contributed by atoms with E-state index in [0.29, 0.717) is 12.2 Å². The Balaban J connectivity index is 2.14. The van der Waals surface area contributed by atoms with Gasteiger partial charge in [0.15, 0.2) is 0 Å². The minimum atomic E-state index is -4.96. The van der Waals surface area contributed by atoms with E-state index in [4.69, 9.17) is 9.47 Å². The van der Waals surface area contributed by atoms with Gasteiger partial charge in [0, 0.05) is 26.1 Å². The quantitative estimate of drug-likeness (QED) is 0.378. The molecule has 0 unspecified atom stereocenters. The molecule has 30 heavy (non-hydrogen) atoms. The monoisotopic (exact) mass is 453 g/mol. The first kappa shape index (κ1) is 24.4. The molecular formula is C19H26F3NO6S. The first-order valence-electron chi connectivity index (χ1n) is 9.50.